The predicted molar refractivity (Wildman–Crippen MR) is 129 cm³/mol. The average Bonchev–Trinajstić information content (AvgIpc) is 3.15. The molecule has 31 heavy (non-hydrogen) atoms. The number of aliphatic hydroxyl groups is 1. The third-order valence-corrected chi connectivity index (χ3v) is 6.96. The van der Waals surface area contributed by atoms with E-state index in [0.29, 0.717) is 18.4 Å². The van der Waals surface area contributed by atoms with Crippen LogP contribution in [-0.2, 0) is 0 Å². The molecule has 0 saturated heterocycles. The maximum Gasteiger partial charge on any atom is 0.126 e. The van der Waals surface area contributed by atoms with Crippen molar-refractivity contribution in [2.24, 2.45) is 0 Å². The molecule has 0 heterocycles. The molecule has 1 N–H and O–H groups in total. The van der Waals surface area contributed by atoms with E-state index in [1.807, 2.05) is 0 Å². The summed E-state index contributed by atoms with van der Waals surface area (Å²) in [5.74, 6) is 2.01. The predicted octanol–water partition coefficient (Wildman–Crippen LogP) is 7.25. The van der Waals surface area contributed by atoms with E-state index in [1.165, 1.54) is 38.9 Å². The number of benzene rings is 3. The molecule has 0 amide bonds. The van der Waals surface area contributed by atoms with E-state index in [1.54, 1.807) is 0 Å². The summed E-state index contributed by atoms with van der Waals surface area (Å²) < 4.78 is 6.17. The molecule has 0 spiro atoms. The lowest BCUT2D eigenvalue weighted by Gasteiger charge is -2.25. The standard InChI is InChI=1S/C29H34O2/c1-5-19(3)26-17-21(18-27(20(4)6-2)29(26)31-16-15-30)28-24-13-9-7-11-22(24)23-12-8-10-14-25(23)28/h7-14,17-20,28,30H,5-6,15-16H2,1-4H3. The highest BCUT2D eigenvalue weighted by Gasteiger charge is 2.31. The first kappa shape index (κ1) is 21.6. The minimum Gasteiger partial charge on any atom is -0.491 e. The summed E-state index contributed by atoms with van der Waals surface area (Å²) in [4.78, 5) is 0. The van der Waals surface area contributed by atoms with Crippen molar-refractivity contribution >= 4 is 0 Å². The second-order valence-electron chi connectivity index (χ2n) is 8.83. The van der Waals surface area contributed by atoms with E-state index >= 15 is 0 Å². The Morgan fingerprint density at radius 2 is 1.29 bits per heavy atom. The molecule has 2 atom stereocenters. The van der Waals surface area contributed by atoms with Gasteiger partial charge in [-0.3, -0.25) is 0 Å². The Hall–Kier alpha value is -2.58. The lowest BCUT2D eigenvalue weighted by molar-refractivity contribution is 0.198. The van der Waals surface area contributed by atoms with Gasteiger partial charge in [-0.25, -0.2) is 0 Å². The van der Waals surface area contributed by atoms with Gasteiger partial charge in [0, 0.05) is 5.92 Å². The monoisotopic (exact) mass is 414 g/mol. The summed E-state index contributed by atoms with van der Waals surface area (Å²) in [6.07, 6.45) is 2.10. The Balaban J connectivity index is 1.95. The molecule has 0 saturated carbocycles. The molecule has 2 heteroatoms. The van der Waals surface area contributed by atoms with Crippen molar-refractivity contribution in [2.45, 2.75) is 58.3 Å². The van der Waals surface area contributed by atoms with Crippen LogP contribution in [0.3, 0.4) is 0 Å². The van der Waals surface area contributed by atoms with Gasteiger partial charge in [-0.05, 0) is 63.6 Å². The van der Waals surface area contributed by atoms with Crippen LogP contribution < -0.4 is 4.74 Å². The zero-order valence-electron chi connectivity index (χ0n) is 19.2. The van der Waals surface area contributed by atoms with Crippen molar-refractivity contribution < 1.29 is 9.84 Å². The smallest absolute Gasteiger partial charge is 0.126 e. The van der Waals surface area contributed by atoms with Crippen LogP contribution in [0, 0.1) is 0 Å². The van der Waals surface area contributed by atoms with Gasteiger partial charge in [0.2, 0.25) is 0 Å². The molecule has 0 aromatic heterocycles. The summed E-state index contributed by atoms with van der Waals surface area (Å²) in [6.45, 7) is 9.39. The Morgan fingerprint density at radius 1 is 0.806 bits per heavy atom. The molecular weight excluding hydrogens is 380 g/mol. The minimum atomic E-state index is 0.0328. The highest BCUT2D eigenvalue weighted by molar-refractivity contribution is 5.80. The molecule has 3 aromatic carbocycles. The van der Waals surface area contributed by atoms with E-state index in [4.69, 9.17) is 4.74 Å². The second kappa shape index (κ2) is 9.28. The Kier molecular flexibility index (Phi) is 6.48. The summed E-state index contributed by atoms with van der Waals surface area (Å²) in [5.41, 5.74) is 9.35. The van der Waals surface area contributed by atoms with Crippen LogP contribution in [-0.4, -0.2) is 18.3 Å². The van der Waals surface area contributed by atoms with Gasteiger partial charge in [-0.1, -0.05) is 88.4 Å². The fourth-order valence-electron chi connectivity index (χ4n) is 4.87. The maximum absolute atomic E-state index is 9.42. The molecule has 0 fully saturated rings. The van der Waals surface area contributed by atoms with E-state index in [-0.39, 0.29) is 12.5 Å². The van der Waals surface area contributed by atoms with Gasteiger partial charge >= 0.3 is 0 Å². The molecule has 1 aliphatic carbocycles. The summed E-state index contributed by atoms with van der Waals surface area (Å²) in [7, 11) is 0. The van der Waals surface area contributed by atoms with Gasteiger partial charge in [-0.2, -0.15) is 0 Å². The second-order valence-corrected chi connectivity index (χ2v) is 8.83. The number of aliphatic hydroxyl groups excluding tert-OH is 1. The van der Waals surface area contributed by atoms with Crippen LogP contribution >= 0.6 is 0 Å². The molecule has 2 unspecified atom stereocenters. The molecule has 2 nitrogen and oxygen atoms in total. The highest BCUT2D eigenvalue weighted by atomic mass is 16.5. The lowest BCUT2D eigenvalue weighted by atomic mass is 9.82. The molecule has 0 aliphatic heterocycles. The largest absolute Gasteiger partial charge is 0.491 e. The zero-order valence-corrected chi connectivity index (χ0v) is 19.2. The molecule has 0 bridgehead atoms. The van der Waals surface area contributed by atoms with Gasteiger partial charge in [0.25, 0.3) is 0 Å². The normalized spacial score (nSPS) is 14.7. The van der Waals surface area contributed by atoms with Crippen LogP contribution in [0.15, 0.2) is 60.7 Å². The van der Waals surface area contributed by atoms with Gasteiger partial charge in [0.1, 0.15) is 12.4 Å². The van der Waals surface area contributed by atoms with Crippen molar-refractivity contribution in [3.63, 3.8) is 0 Å². The van der Waals surface area contributed by atoms with Crippen LogP contribution in [0.25, 0.3) is 11.1 Å². The molecular formula is C29H34O2. The van der Waals surface area contributed by atoms with Crippen molar-refractivity contribution in [3.05, 3.63) is 88.5 Å². The van der Waals surface area contributed by atoms with E-state index in [9.17, 15) is 5.11 Å². The van der Waals surface area contributed by atoms with Crippen LogP contribution in [0.1, 0.15) is 86.1 Å². The number of hydrogen-bond donors (Lipinski definition) is 1. The number of hydrogen-bond acceptors (Lipinski definition) is 2. The van der Waals surface area contributed by atoms with Gasteiger partial charge in [0.05, 0.1) is 6.61 Å². The van der Waals surface area contributed by atoms with Crippen LogP contribution in [0.5, 0.6) is 5.75 Å². The maximum atomic E-state index is 9.42. The fourth-order valence-corrected chi connectivity index (χ4v) is 4.87. The molecule has 4 rings (SSSR count). The Morgan fingerprint density at radius 3 is 1.74 bits per heavy atom. The number of fused-ring (bicyclic) bond motifs is 3. The molecule has 0 radical (unpaired) electrons. The summed E-state index contributed by atoms with van der Waals surface area (Å²) in [5, 5.41) is 9.42. The van der Waals surface area contributed by atoms with E-state index in [2.05, 4.69) is 88.4 Å². The first-order valence-corrected chi connectivity index (χ1v) is 11.7. The zero-order chi connectivity index (χ0) is 22.0. The van der Waals surface area contributed by atoms with Crippen molar-refractivity contribution in [1.82, 2.24) is 0 Å². The number of rotatable bonds is 8. The minimum absolute atomic E-state index is 0.0328. The van der Waals surface area contributed by atoms with Gasteiger partial charge in [0.15, 0.2) is 0 Å². The summed E-state index contributed by atoms with van der Waals surface area (Å²) >= 11 is 0. The Labute approximate surface area is 186 Å². The molecule has 162 valence electrons. The first-order valence-electron chi connectivity index (χ1n) is 11.7. The fraction of sp³-hybridized carbons (Fsp3) is 0.379. The molecule has 1 aliphatic rings. The van der Waals surface area contributed by atoms with Crippen molar-refractivity contribution in [3.8, 4) is 16.9 Å². The Bertz CT molecular complexity index is 976. The van der Waals surface area contributed by atoms with Crippen LogP contribution in [0.2, 0.25) is 0 Å². The SMILES string of the molecule is CCC(C)c1cc(C2c3ccccc3-c3ccccc32)cc(C(C)CC)c1OCCO. The highest BCUT2D eigenvalue weighted by Crippen LogP contribution is 2.50. The van der Waals surface area contributed by atoms with Crippen molar-refractivity contribution in [2.75, 3.05) is 13.2 Å². The van der Waals surface area contributed by atoms with Gasteiger partial charge < -0.3 is 9.84 Å². The first-order chi connectivity index (χ1) is 15.1. The average molecular weight is 415 g/mol. The quantitative estimate of drug-likeness (QED) is 0.329. The van der Waals surface area contributed by atoms with E-state index < -0.39 is 0 Å². The summed E-state index contributed by atoms with van der Waals surface area (Å²) in [6, 6.07) is 22.4. The van der Waals surface area contributed by atoms with Gasteiger partial charge in [-0.15, -0.1) is 0 Å². The topological polar surface area (TPSA) is 29.5 Å². The van der Waals surface area contributed by atoms with Crippen LogP contribution in [0.4, 0.5) is 0 Å². The van der Waals surface area contributed by atoms with E-state index in [0.717, 1.165) is 18.6 Å². The van der Waals surface area contributed by atoms with Crippen molar-refractivity contribution in [1.29, 1.82) is 0 Å². The lowest BCUT2D eigenvalue weighted by Crippen LogP contribution is -2.11. The third-order valence-electron chi connectivity index (χ3n) is 6.96. The third kappa shape index (κ3) is 3.90. The molecule has 3 aromatic rings. The number of ether oxygens (including phenoxy) is 1.